The van der Waals surface area contributed by atoms with E-state index >= 15 is 0 Å². The first-order chi connectivity index (χ1) is 13.2. The van der Waals surface area contributed by atoms with Crippen LogP contribution in [0.1, 0.15) is 29.6 Å². The maximum atomic E-state index is 12.8. The first kappa shape index (κ1) is 17.5. The van der Waals surface area contributed by atoms with E-state index in [0.717, 1.165) is 43.9 Å². The molecule has 6 nitrogen and oxygen atoms in total. The number of benzene rings is 1. The number of piperazine rings is 1. The summed E-state index contributed by atoms with van der Waals surface area (Å²) in [6.07, 6.45) is 6.21. The summed E-state index contributed by atoms with van der Waals surface area (Å²) in [4.78, 5) is 34.9. The largest absolute Gasteiger partial charge is 0.368 e. The molecule has 0 N–H and O–H groups in total. The van der Waals surface area contributed by atoms with E-state index in [1.807, 2.05) is 46.2 Å². The number of aromatic nitrogens is 1. The molecule has 2 aliphatic heterocycles. The minimum atomic E-state index is 0.0564. The molecule has 0 radical (unpaired) electrons. The van der Waals surface area contributed by atoms with Crippen LogP contribution in [0.4, 0.5) is 11.4 Å². The Morgan fingerprint density at radius 3 is 2.19 bits per heavy atom. The molecule has 2 aromatic rings. The molecule has 0 unspecified atom stereocenters. The van der Waals surface area contributed by atoms with Crippen LogP contribution in [-0.2, 0) is 4.79 Å². The average Bonchev–Trinajstić information content (AvgIpc) is 2.74. The summed E-state index contributed by atoms with van der Waals surface area (Å²) < 4.78 is 0. The minimum Gasteiger partial charge on any atom is -0.368 e. The van der Waals surface area contributed by atoms with E-state index in [-0.39, 0.29) is 11.8 Å². The van der Waals surface area contributed by atoms with Gasteiger partial charge in [0.1, 0.15) is 0 Å². The molecule has 2 fully saturated rings. The zero-order valence-corrected chi connectivity index (χ0v) is 15.4. The molecular formula is C21H24N4O2. The first-order valence-corrected chi connectivity index (χ1v) is 9.57. The Labute approximate surface area is 159 Å². The highest BCUT2D eigenvalue weighted by Crippen LogP contribution is 2.22. The number of piperidine rings is 1. The van der Waals surface area contributed by atoms with Gasteiger partial charge in [-0.05, 0) is 49.2 Å². The highest BCUT2D eigenvalue weighted by atomic mass is 16.2. The molecule has 2 saturated heterocycles. The van der Waals surface area contributed by atoms with Crippen molar-refractivity contribution >= 4 is 23.2 Å². The Kier molecular flexibility index (Phi) is 5.05. The van der Waals surface area contributed by atoms with Gasteiger partial charge in [0.15, 0.2) is 0 Å². The van der Waals surface area contributed by atoms with Gasteiger partial charge in [-0.2, -0.15) is 0 Å². The fraction of sp³-hybridized carbons (Fsp3) is 0.381. The minimum absolute atomic E-state index is 0.0564. The van der Waals surface area contributed by atoms with Crippen LogP contribution in [-0.4, -0.2) is 54.4 Å². The Hall–Kier alpha value is -2.89. The van der Waals surface area contributed by atoms with Gasteiger partial charge in [0.05, 0.1) is 0 Å². The number of anilines is 2. The fourth-order valence-electron chi connectivity index (χ4n) is 3.77. The number of nitrogens with zero attached hydrogens (tertiary/aromatic N) is 4. The predicted octanol–water partition coefficient (Wildman–Crippen LogP) is 2.56. The molecule has 2 amide bonds. The second kappa shape index (κ2) is 7.78. The molecule has 1 aromatic heterocycles. The van der Waals surface area contributed by atoms with E-state index in [9.17, 15) is 9.59 Å². The predicted molar refractivity (Wildman–Crippen MR) is 105 cm³/mol. The van der Waals surface area contributed by atoms with Gasteiger partial charge in [-0.1, -0.05) is 0 Å². The second-order valence-electron chi connectivity index (χ2n) is 7.03. The topological polar surface area (TPSA) is 56.8 Å². The van der Waals surface area contributed by atoms with Crippen LogP contribution in [0.3, 0.4) is 0 Å². The van der Waals surface area contributed by atoms with Crippen molar-refractivity contribution in [1.29, 1.82) is 0 Å². The summed E-state index contributed by atoms with van der Waals surface area (Å²) in [6, 6.07) is 11.5. The van der Waals surface area contributed by atoms with Crippen LogP contribution in [0.5, 0.6) is 0 Å². The third-order valence-corrected chi connectivity index (χ3v) is 5.34. The highest BCUT2D eigenvalue weighted by Gasteiger charge is 2.23. The fourth-order valence-corrected chi connectivity index (χ4v) is 3.77. The van der Waals surface area contributed by atoms with Crippen molar-refractivity contribution in [3.8, 4) is 0 Å². The van der Waals surface area contributed by atoms with Gasteiger partial charge < -0.3 is 14.7 Å². The normalized spacial score (nSPS) is 17.9. The Morgan fingerprint density at radius 2 is 1.52 bits per heavy atom. The summed E-state index contributed by atoms with van der Waals surface area (Å²) in [5.74, 6) is 0.230. The zero-order valence-electron chi connectivity index (χ0n) is 15.4. The number of carbonyl (C=O) groups is 2. The van der Waals surface area contributed by atoms with Gasteiger partial charge >= 0.3 is 0 Å². The lowest BCUT2D eigenvalue weighted by Crippen LogP contribution is -2.48. The van der Waals surface area contributed by atoms with Crippen molar-refractivity contribution in [2.75, 3.05) is 42.5 Å². The molecule has 1 aromatic carbocycles. The van der Waals surface area contributed by atoms with Crippen molar-refractivity contribution in [3.63, 3.8) is 0 Å². The van der Waals surface area contributed by atoms with E-state index in [0.29, 0.717) is 25.1 Å². The third kappa shape index (κ3) is 3.79. The molecule has 140 valence electrons. The Bertz CT molecular complexity index is 799. The van der Waals surface area contributed by atoms with Crippen LogP contribution in [0, 0.1) is 0 Å². The van der Waals surface area contributed by atoms with Crippen molar-refractivity contribution in [1.82, 2.24) is 9.88 Å². The van der Waals surface area contributed by atoms with Gasteiger partial charge in [-0.25, -0.2) is 0 Å². The smallest absolute Gasteiger partial charge is 0.253 e. The van der Waals surface area contributed by atoms with Crippen LogP contribution >= 0.6 is 0 Å². The number of hydrogen-bond acceptors (Lipinski definition) is 4. The van der Waals surface area contributed by atoms with Crippen molar-refractivity contribution in [2.24, 2.45) is 0 Å². The van der Waals surface area contributed by atoms with E-state index < -0.39 is 0 Å². The van der Waals surface area contributed by atoms with Gasteiger partial charge in [-0.3, -0.25) is 14.6 Å². The molecule has 27 heavy (non-hydrogen) atoms. The van der Waals surface area contributed by atoms with Crippen molar-refractivity contribution < 1.29 is 9.59 Å². The van der Waals surface area contributed by atoms with E-state index in [1.165, 1.54) is 0 Å². The third-order valence-electron chi connectivity index (χ3n) is 5.34. The van der Waals surface area contributed by atoms with E-state index in [4.69, 9.17) is 0 Å². The lowest BCUT2D eigenvalue weighted by Gasteiger charge is -2.36. The van der Waals surface area contributed by atoms with Crippen LogP contribution in [0.2, 0.25) is 0 Å². The SMILES string of the molecule is O=C(c1ccc(N2CCCCC2=O)cc1)N1CCN(c2ccncc2)CC1. The molecule has 2 aliphatic rings. The molecular weight excluding hydrogens is 340 g/mol. The Balaban J connectivity index is 1.38. The molecule has 0 spiro atoms. The summed E-state index contributed by atoms with van der Waals surface area (Å²) in [6.45, 7) is 3.80. The number of carbonyl (C=O) groups excluding carboxylic acids is 2. The van der Waals surface area contributed by atoms with E-state index in [1.54, 1.807) is 12.4 Å². The zero-order chi connectivity index (χ0) is 18.6. The second-order valence-corrected chi connectivity index (χ2v) is 7.03. The number of amides is 2. The summed E-state index contributed by atoms with van der Waals surface area (Å²) in [5, 5.41) is 0. The van der Waals surface area contributed by atoms with Crippen molar-refractivity contribution in [3.05, 3.63) is 54.4 Å². The van der Waals surface area contributed by atoms with Crippen molar-refractivity contribution in [2.45, 2.75) is 19.3 Å². The van der Waals surface area contributed by atoms with Gasteiger partial charge in [0.25, 0.3) is 5.91 Å². The number of pyridine rings is 1. The first-order valence-electron chi connectivity index (χ1n) is 9.57. The van der Waals surface area contributed by atoms with Crippen LogP contribution in [0.25, 0.3) is 0 Å². The molecule has 0 bridgehead atoms. The van der Waals surface area contributed by atoms with Crippen LogP contribution < -0.4 is 9.80 Å². The van der Waals surface area contributed by atoms with Gasteiger partial charge in [0, 0.05) is 68.5 Å². The quantitative estimate of drug-likeness (QED) is 0.840. The summed E-state index contributed by atoms with van der Waals surface area (Å²) in [5.41, 5.74) is 2.71. The van der Waals surface area contributed by atoms with Gasteiger partial charge in [0.2, 0.25) is 5.91 Å². The van der Waals surface area contributed by atoms with E-state index in [2.05, 4.69) is 9.88 Å². The molecule has 3 heterocycles. The van der Waals surface area contributed by atoms with Gasteiger partial charge in [-0.15, -0.1) is 0 Å². The molecule has 6 heteroatoms. The molecule has 0 saturated carbocycles. The highest BCUT2D eigenvalue weighted by molar-refractivity contribution is 5.97. The standard InChI is InChI=1S/C21H24N4O2/c26-20-3-1-2-12-25(20)19-6-4-17(5-7-19)21(27)24-15-13-23(14-16-24)18-8-10-22-11-9-18/h4-11H,1-3,12-16H2. The summed E-state index contributed by atoms with van der Waals surface area (Å²) in [7, 11) is 0. The lowest BCUT2D eigenvalue weighted by molar-refractivity contribution is -0.119. The maximum Gasteiger partial charge on any atom is 0.253 e. The molecule has 0 aliphatic carbocycles. The summed E-state index contributed by atoms with van der Waals surface area (Å²) >= 11 is 0. The monoisotopic (exact) mass is 364 g/mol. The van der Waals surface area contributed by atoms with Crippen LogP contribution in [0.15, 0.2) is 48.8 Å². The Morgan fingerprint density at radius 1 is 0.815 bits per heavy atom. The average molecular weight is 364 g/mol. The maximum absolute atomic E-state index is 12.8. The number of rotatable bonds is 3. The molecule has 0 atom stereocenters. The molecule has 4 rings (SSSR count). The number of hydrogen-bond donors (Lipinski definition) is 0. The lowest BCUT2D eigenvalue weighted by atomic mass is 10.1.